The van der Waals surface area contributed by atoms with Crippen LogP contribution in [-0.2, 0) is 29.8 Å². The highest BCUT2D eigenvalue weighted by atomic mass is 32.2. The SMILES string of the molecule is COC(=O)C1(c2ccc(S(=O)(=O)NC3CCC(C(=O)O)CC3)cc2)CC1. The largest absolute Gasteiger partial charge is 0.481 e. The molecule has 0 amide bonds. The summed E-state index contributed by atoms with van der Waals surface area (Å²) < 4.78 is 32.6. The summed E-state index contributed by atoms with van der Waals surface area (Å²) >= 11 is 0. The van der Waals surface area contributed by atoms with Crippen LogP contribution in [0.1, 0.15) is 44.1 Å². The molecule has 7 nitrogen and oxygen atoms in total. The molecule has 1 aromatic rings. The molecule has 142 valence electrons. The molecule has 0 atom stereocenters. The number of benzene rings is 1. The maximum Gasteiger partial charge on any atom is 0.316 e. The molecule has 26 heavy (non-hydrogen) atoms. The van der Waals surface area contributed by atoms with Crippen molar-refractivity contribution in [3.05, 3.63) is 29.8 Å². The van der Waals surface area contributed by atoms with E-state index < -0.39 is 21.4 Å². The fourth-order valence-electron chi connectivity index (χ4n) is 3.63. The number of ether oxygens (including phenoxy) is 1. The number of rotatable bonds is 6. The first kappa shape index (κ1) is 18.8. The van der Waals surface area contributed by atoms with E-state index in [0.29, 0.717) is 38.5 Å². The van der Waals surface area contributed by atoms with Gasteiger partial charge in [0.2, 0.25) is 10.0 Å². The van der Waals surface area contributed by atoms with Crippen LogP contribution in [-0.4, -0.2) is 38.6 Å². The molecule has 0 aliphatic heterocycles. The predicted molar refractivity (Wildman–Crippen MR) is 93.1 cm³/mol. The number of hydrogen-bond donors (Lipinski definition) is 2. The van der Waals surface area contributed by atoms with Gasteiger partial charge in [0.05, 0.1) is 23.3 Å². The summed E-state index contributed by atoms with van der Waals surface area (Å²) in [6, 6.07) is 6.09. The fraction of sp³-hybridized carbons (Fsp3) is 0.556. The van der Waals surface area contributed by atoms with Gasteiger partial charge in [-0.2, -0.15) is 0 Å². The van der Waals surface area contributed by atoms with E-state index >= 15 is 0 Å². The van der Waals surface area contributed by atoms with Gasteiger partial charge in [-0.05, 0) is 56.2 Å². The summed E-state index contributed by atoms with van der Waals surface area (Å²) in [6.45, 7) is 0. The summed E-state index contributed by atoms with van der Waals surface area (Å²) in [5.41, 5.74) is 0.143. The Balaban J connectivity index is 1.67. The molecule has 2 aliphatic carbocycles. The average Bonchev–Trinajstić information content (AvgIpc) is 3.43. The molecule has 0 bridgehead atoms. The van der Waals surface area contributed by atoms with Crippen LogP contribution in [0.3, 0.4) is 0 Å². The Morgan fingerprint density at radius 3 is 2.15 bits per heavy atom. The van der Waals surface area contributed by atoms with E-state index in [9.17, 15) is 18.0 Å². The first-order valence-corrected chi connectivity index (χ1v) is 10.2. The van der Waals surface area contributed by atoms with Crippen molar-refractivity contribution in [1.29, 1.82) is 0 Å². The number of sulfonamides is 1. The molecule has 0 aromatic heterocycles. The van der Waals surface area contributed by atoms with E-state index in [1.165, 1.54) is 19.2 Å². The lowest BCUT2D eigenvalue weighted by molar-refractivity contribution is -0.144. The van der Waals surface area contributed by atoms with Gasteiger partial charge in [0.15, 0.2) is 0 Å². The third kappa shape index (κ3) is 3.61. The smallest absolute Gasteiger partial charge is 0.316 e. The minimum Gasteiger partial charge on any atom is -0.481 e. The van der Waals surface area contributed by atoms with Gasteiger partial charge in [-0.3, -0.25) is 9.59 Å². The first-order chi connectivity index (χ1) is 12.3. The van der Waals surface area contributed by atoms with E-state index in [0.717, 1.165) is 5.56 Å². The average molecular weight is 381 g/mol. The predicted octanol–water partition coefficient (Wildman–Crippen LogP) is 1.81. The van der Waals surface area contributed by atoms with Crippen LogP contribution in [0.25, 0.3) is 0 Å². The van der Waals surface area contributed by atoms with Crippen molar-refractivity contribution in [2.75, 3.05) is 7.11 Å². The number of carboxylic acid groups (broad SMARTS) is 1. The Bertz CT molecular complexity index is 789. The number of hydrogen-bond acceptors (Lipinski definition) is 5. The highest BCUT2D eigenvalue weighted by Gasteiger charge is 2.52. The zero-order valence-corrected chi connectivity index (χ0v) is 15.4. The van der Waals surface area contributed by atoms with E-state index in [4.69, 9.17) is 9.84 Å². The van der Waals surface area contributed by atoms with Crippen molar-refractivity contribution >= 4 is 22.0 Å². The van der Waals surface area contributed by atoms with Crippen LogP contribution >= 0.6 is 0 Å². The van der Waals surface area contributed by atoms with Crippen molar-refractivity contribution in [2.45, 2.75) is 54.9 Å². The van der Waals surface area contributed by atoms with Gasteiger partial charge in [0.1, 0.15) is 0 Å². The van der Waals surface area contributed by atoms with E-state index in [2.05, 4.69) is 4.72 Å². The van der Waals surface area contributed by atoms with Crippen LogP contribution in [0, 0.1) is 5.92 Å². The van der Waals surface area contributed by atoms with Gasteiger partial charge >= 0.3 is 11.9 Å². The lowest BCUT2D eigenvalue weighted by Gasteiger charge is -2.26. The van der Waals surface area contributed by atoms with Crippen LogP contribution in [0.5, 0.6) is 0 Å². The number of carbonyl (C=O) groups excluding carboxylic acids is 1. The summed E-state index contributed by atoms with van der Waals surface area (Å²) in [5, 5.41) is 9.02. The second kappa shape index (κ2) is 7.00. The molecule has 2 fully saturated rings. The van der Waals surface area contributed by atoms with Gasteiger partial charge in [0, 0.05) is 6.04 Å². The molecule has 0 unspecified atom stereocenters. The Kier molecular flexibility index (Phi) is 5.07. The van der Waals surface area contributed by atoms with Gasteiger partial charge in [0.25, 0.3) is 0 Å². The van der Waals surface area contributed by atoms with Crippen molar-refractivity contribution in [2.24, 2.45) is 5.92 Å². The first-order valence-electron chi connectivity index (χ1n) is 8.72. The molecule has 2 saturated carbocycles. The van der Waals surface area contributed by atoms with Gasteiger partial charge in [-0.15, -0.1) is 0 Å². The fourth-order valence-corrected chi connectivity index (χ4v) is 4.93. The normalized spacial score (nSPS) is 24.7. The highest BCUT2D eigenvalue weighted by Crippen LogP contribution is 2.49. The van der Waals surface area contributed by atoms with Crippen LogP contribution in [0.2, 0.25) is 0 Å². The summed E-state index contributed by atoms with van der Waals surface area (Å²) in [7, 11) is -2.33. The number of esters is 1. The van der Waals surface area contributed by atoms with Gasteiger partial charge in [-0.1, -0.05) is 12.1 Å². The third-order valence-electron chi connectivity index (χ3n) is 5.44. The Labute approximate surface area is 152 Å². The van der Waals surface area contributed by atoms with Gasteiger partial charge in [-0.25, -0.2) is 13.1 Å². The van der Waals surface area contributed by atoms with Crippen LogP contribution in [0.15, 0.2) is 29.2 Å². The zero-order chi connectivity index (χ0) is 18.9. The van der Waals surface area contributed by atoms with Gasteiger partial charge < -0.3 is 9.84 Å². The monoisotopic (exact) mass is 381 g/mol. The van der Waals surface area contributed by atoms with Crippen molar-refractivity contribution in [3.8, 4) is 0 Å². The number of aliphatic carboxylic acids is 1. The van der Waals surface area contributed by atoms with Crippen molar-refractivity contribution in [3.63, 3.8) is 0 Å². The lowest BCUT2D eigenvalue weighted by Crippen LogP contribution is -2.38. The maximum atomic E-state index is 12.6. The molecule has 2 N–H and O–H groups in total. The lowest BCUT2D eigenvalue weighted by atomic mass is 9.87. The molecule has 0 radical (unpaired) electrons. The quantitative estimate of drug-likeness (QED) is 0.727. The minimum atomic E-state index is -3.68. The standard InChI is InChI=1S/C18H23NO6S/c1-25-17(22)18(10-11-18)13-4-8-15(9-5-13)26(23,24)19-14-6-2-12(3-7-14)16(20)21/h4-5,8-9,12,14,19H,2-3,6-7,10-11H2,1H3,(H,20,21). The van der Waals surface area contributed by atoms with Crippen LogP contribution < -0.4 is 4.72 Å². The third-order valence-corrected chi connectivity index (χ3v) is 6.98. The van der Waals surface area contributed by atoms with Crippen molar-refractivity contribution in [1.82, 2.24) is 4.72 Å². The number of carboxylic acids is 1. The molecule has 3 rings (SSSR count). The minimum absolute atomic E-state index is 0.141. The molecule has 0 spiro atoms. The molecule has 1 aromatic carbocycles. The number of carbonyl (C=O) groups is 2. The highest BCUT2D eigenvalue weighted by molar-refractivity contribution is 7.89. The Morgan fingerprint density at radius 2 is 1.69 bits per heavy atom. The van der Waals surface area contributed by atoms with Crippen LogP contribution in [0.4, 0.5) is 0 Å². The molecule has 8 heteroatoms. The Hall–Kier alpha value is -1.93. The number of methoxy groups -OCH3 is 1. The molecule has 0 saturated heterocycles. The van der Waals surface area contributed by atoms with E-state index in [1.807, 2.05) is 0 Å². The second-order valence-corrected chi connectivity index (χ2v) is 8.82. The second-order valence-electron chi connectivity index (χ2n) is 7.11. The van der Waals surface area contributed by atoms with E-state index in [-0.39, 0.29) is 22.8 Å². The maximum absolute atomic E-state index is 12.6. The zero-order valence-electron chi connectivity index (χ0n) is 14.6. The topological polar surface area (TPSA) is 110 Å². The molecular weight excluding hydrogens is 358 g/mol. The summed E-state index contributed by atoms with van der Waals surface area (Å²) in [6.07, 6.45) is 3.39. The summed E-state index contributed by atoms with van der Waals surface area (Å²) in [5.74, 6) is -1.49. The van der Waals surface area contributed by atoms with Crippen molar-refractivity contribution < 1.29 is 27.9 Å². The number of nitrogens with one attached hydrogen (secondary N) is 1. The molecule has 0 heterocycles. The molecular formula is C18H23NO6S. The van der Waals surface area contributed by atoms with E-state index in [1.54, 1.807) is 12.1 Å². The Morgan fingerprint density at radius 1 is 1.12 bits per heavy atom. The molecule has 2 aliphatic rings. The summed E-state index contributed by atoms with van der Waals surface area (Å²) in [4.78, 5) is 23.0.